The van der Waals surface area contributed by atoms with Crippen molar-refractivity contribution < 1.29 is 4.79 Å². The predicted octanol–water partition coefficient (Wildman–Crippen LogP) is 6.63. The second kappa shape index (κ2) is 8.85. The van der Waals surface area contributed by atoms with Gasteiger partial charge in [-0.25, -0.2) is 0 Å². The van der Waals surface area contributed by atoms with Crippen LogP contribution in [-0.2, 0) is 4.79 Å². The summed E-state index contributed by atoms with van der Waals surface area (Å²) in [5, 5.41) is 0. The Morgan fingerprint density at radius 1 is 1.09 bits per heavy atom. The predicted molar refractivity (Wildman–Crippen MR) is 99.5 cm³/mol. The third kappa shape index (κ3) is 4.58. The summed E-state index contributed by atoms with van der Waals surface area (Å²) in [4.78, 5) is 12.3. The highest BCUT2D eigenvalue weighted by atomic mass is 16.1. The first-order valence-corrected chi connectivity index (χ1v) is 10.0. The molecule has 2 rings (SSSR count). The third-order valence-corrected chi connectivity index (χ3v) is 6.06. The summed E-state index contributed by atoms with van der Waals surface area (Å²) in [6.07, 6.45) is 21.2. The minimum Gasteiger partial charge on any atom is -0.299 e. The average molecular weight is 317 g/mol. The van der Waals surface area contributed by atoms with Crippen molar-refractivity contribution in [1.82, 2.24) is 0 Å². The Morgan fingerprint density at radius 2 is 1.70 bits per heavy atom. The fourth-order valence-electron chi connectivity index (χ4n) is 4.69. The Morgan fingerprint density at radius 3 is 2.22 bits per heavy atom. The van der Waals surface area contributed by atoms with Crippen LogP contribution in [0.4, 0.5) is 0 Å². The van der Waals surface area contributed by atoms with Crippen LogP contribution in [0.15, 0.2) is 23.8 Å². The first-order chi connectivity index (χ1) is 11.1. The molecule has 0 aromatic carbocycles. The lowest BCUT2D eigenvalue weighted by molar-refractivity contribution is -0.122. The smallest absolute Gasteiger partial charge is 0.137 e. The molecule has 23 heavy (non-hydrogen) atoms. The van der Waals surface area contributed by atoms with Crippen LogP contribution in [0.1, 0.15) is 91.4 Å². The van der Waals surface area contributed by atoms with E-state index in [0.29, 0.717) is 5.78 Å². The van der Waals surface area contributed by atoms with Gasteiger partial charge in [0.05, 0.1) is 0 Å². The minimum absolute atomic E-state index is 0.0966. The summed E-state index contributed by atoms with van der Waals surface area (Å²) in [5.41, 5.74) is 1.65. The van der Waals surface area contributed by atoms with Gasteiger partial charge in [0.1, 0.15) is 5.78 Å². The Bertz CT molecular complexity index is 429. The van der Waals surface area contributed by atoms with Gasteiger partial charge in [0.25, 0.3) is 0 Å². The molecule has 1 nitrogen and oxygen atoms in total. The van der Waals surface area contributed by atoms with Gasteiger partial charge in [-0.15, -0.1) is 0 Å². The highest BCUT2D eigenvalue weighted by Crippen LogP contribution is 2.47. The molecule has 2 aliphatic carbocycles. The maximum Gasteiger partial charge on any atom is 0.137 e. The van der Waals surface area contributed by atoms with Gasteiger partial charge >= 0.3 is 0 Å². The lowest BCUT2D eigenvalue weighted by Crippen LogP contribution is -2.35. The summed E-state index contributed by atoms with van der Waals surface area (Å²) in [7, 11) is 0. The van der Waals surface area contributed by atoms with E-state index in [0.717, 1.165) is 5.92 Å². The Kier molecular flexibility index (Phi) is 7.11. The molecule has 0 bridgehead atoms. The van der Waals surface area contributed by atoms with Crippen molar-refractivity contribution in [2.24, 2.45) is 17.3 Å². The van der Waals surface area contributed by atoms with Crippen molar-refractivity contribution in [3.8, 4) is 0 Å². The molecule has 0 aromatic rings. The quantitative estimate of drug-likeness (QED) is 0.491. The van der Waals surface area contributed by atoms with Gasteiger partial charge in [-0.2, -0.15) is 0 Å². The standard InChI is InChI=1S/C22H36O/c1-4-6-15-22(16-7-5-2)17-20(13-14-21(22)18(3)23)19-11-9-8-10-12-19/h13-14,17,19,21H,4-12,15-16H2,1-3H3. The molecule has 0 N–H and O–H groups in total. The highest BCUT2D eigenvalue weighted by molar-refractivity contribution is 5.82. The van der Waals surface area contributed by atoms with Crippen molar-refractivity contribution >= 4 is 5.78 Å². The average Bonchev–Trinajstić information content (AvgIpc) is 2.58. The van der Waals surface area contributed by atoms with Gasteiger partial charge in [0.2, 0.25) is 0 Å². The van der Waals surface area contributed by atoms with Crippen LogP contribution >= 0.6 is 0 Å². The van der Waals surface area contributed by atoms with Crippen molar-refractivity contribution in [1.29, 1.82) is 0 Å². The fraction of sp³-hybridized carbons (Fsp3) is 0.773. The van der Waals surface area contributed by atoms with E-state index >= 15 is 0 Å². The van der Waals surface area contributed by atoms with E-state index < -0.39 is 0 Å². The number of hydrogen-bond donors (Lipinski definition) is 0. The van der Waals surface area contributed by atoms with E-state index in [-0.39, 0.29) is 11.3 Å². The van der Waals surface area contributed by atoms with E-state index in [1.807, 2.05) is 0 Å². The zero-order valence-electron chi connectivity index (χ0n) is 15.6. The molecule has 0 heterocycles. The van der Waals surface area contributed by atoms with Gasteiger partial charge in [-0.3, -0.25) is 4.79 Å². The maximum absolute atomic E-state index is 12.3. The van der Waals surface area contributed by atoms with E-state index in [1.165, 1.54) is 70.6 Å². The van der Waals surface area contributed by atoms with Crippen LogP contribution in [0.25, 0.3) is 0 Å². The maximum atomic E-state index is 12.3. The first kappa shape index (κ1) is 18.5. The Hall–Kier alpha value is -0.850. The summed E-state index contributed by atoms with van der Waals surface area (Å²) < 4.78 is 0. The normalized spacial score (nSPS) is 24.5. The number of carbonyl (C=O) groups excluding carboxylic acids is 1. The molecule has 130 valence electrons. The van der Waals surface area contributed by atoms with Crippen LogP contribution < -0.4 is 0 Å². The van der Waals surface area contributed by atoms with Crippen molar-refractivity contribution in [3.63, 3.8) is 0 Å². The molecular formula is C22H36O. The number of carbonyl (C=O) groups is 1. The third-order valence-electron chi connectivity index (χ3n) is 6.06. The van der Waals surface area contributed by atoms with E-state index in [2.05, 4.69) is 32.1 Å². The lowest BCUT2D eigenvalue weighted by Gasteiger charge is -2.41. The number of Topliss-reactive ketones (excluding diaryl/α,β-unsaturated/α-hetero) is 1. The monoisotopic (exact) mass is 316 g/mol. The Labute approximate surface area is 143 Å². The van der Waals surface area contributed by atoms with Crippen molar-refractivity contribution in [3.05, 3.63) is 23.8 Å². The molecule has 1 heteroatoms. The van der Waals surface area contributed by atoms with Crippen LogP contribution in [0.3, 0.4) is 0 Å². The summed E-state index contributed by atoms with van der Waals surface area (Å²) in [6, 6.07) is 0. The van der Waals surface area contributed by atoms with Gasteiger partial charge in [0.15, 0.2) is 0 Å². The molecule has 1 unspecified atom stereocenters. The number of ketones is 1. The molecule has 0 aromatic heterocycles. The van der Waals surface area contributed by atoms with Crippen LogP contribution in [0.5, 0.6) is 0 Å². The van der Waals surface area contributed by atoms with Crippen molar-refractivity contribution in [2.45, 2.75) is 91.4 Å². The van der Waals surface area contributed by atoms with Gasteiger partial charge in [-0.1, -0.05) is 77.0 Å². The van der Waals surface area contributed by atoms with Gasteiger partial charge in [-0.05, 0) is 44.1 Å². The highest BCUT2D eigenvalue weighted by Gasteiger charge is 2.39. The molecule has 2 aliphatic rings. The molecule has 1 saturated carbocycles. The van der Waals surface area contributed by atoms with E-state index in [9.17, 15) is 4.79 Å². The zero-order valence-corrected chi connectivity index (χ0v) is 15.6. The van der Waals surface area contributed by atoms with E-state index in [4.69, 9.17) is 0 Å². The fourth-order valence-corrected chi connectivity index (χ4v) is 4.69. The second-order valence-electron chi connectivity index (χ2n) is 7.87. The summed E-state index contributed by atoms with van der Waals surface area (Å²) >= 11 is 0. The molecule has 0 amide bonds. The van der Waals surface area contributed by atoms with Crippen LogP contribution in [-0.4, -0.2) is 5.78 Å². The number of hydrogen-bond acceptors (Lipinski definition) is 1. The molecule has 0 radical (unpaired) electrons. The molecule has 1 atom stereocenters. The number of allylic oxidation sites excluding steroid dienone is 4. The van der Waals surface area contributed by atoms with Crippen LogP contribution in [0.2, 0.25) is 0 Å². The topological polar surface area (TPSA) is 17.1 Å². The summed E-state index contributed by atoms with van der Waals surface area (Å²) in [5.74, 6) is 1.20. The number of rotatable bonds is 8. The largest absolute Gasteiger partial charge is 0.299 e. The van der Waals surface area contributed by atoms with Crippen molar-refractivity contribution in [2.75, 3.05) is 0 Å². The molecule has 1 fully saturated rings. The molecular weight excluding hydrogens is 280 g/mol. The molecule has 0 spiro atoms. The first-order valence-electron chi connectivity index (χ1n) is 10.0. The lowest BCUT2D eigenvalue weighted by atomic mass is 9.63. The van der Waals surface area contributed by atoms with E-state index in [1.54, 1.807) is 12.5 Å². The van der Waals surface area contributed by atoms with Gasteiger partial charge < -0.3 is 0 Å². The molecule has 0 aliphatic heterocycles. The molecule has 0 saturated heterocycles. The Balaban J connectivity index is 2.29. The van der Waals surface area contributed by atoms with Gasteiger partial charge in [0, 0.05) is 11.3 Å². The summed E-state index contributed by atoms with van der Waals surface area (Å²) in [6.45, 7) is 6.32. The zero-order chi connectivity index (χ0) is 16.7. The number of unbranched alkanes of at least 4 members (excludes halogenated alkanes) is 2. The SMILES string of the molecule is CCCCC1(CCCC)C=C(C2CCCCC2)C=CC1C(C)=O. The second-order valence-corrected chi connectivity index (χ2v) is 7.87. The van der Waals surface area contributed by atoms with Crippen LogP contribution in [0, 0.1) is 17.3 Å². The minimum atomic E-state index is 0.0966.